The number of likely N-dealkylation sites (tertiary alicyclic amines) is 1. The Morgan fingerprint density at radius 2 is 2.23 bits per heavy atom. The highest BCUT2D eigenvalue weighted by molar-refractivity contribution is 7.09. The molecule has 0 saturated carbocycles. The van der Waals surface area contributed by atoms with Crippen molar-refractivity contribution in [3.63, 3.8) is 0 Å². The molecule has 1 amide bonds. The smallest absolute Gasteiger partial charge is 0.273 e. The quantitative estimate of drug-likeness (QED) is 0.825. The van der Waals surface area contributed by atoms with Crippen LogP contribution in [0.1, 0.15) is 39.7 Å². The minimum Gasteiger partial charge on any atom is -0.372 e. The summed E-state index contributed by atoms with van der Waals surface area (Å²) in [6.45, 7) is 6.31. The molecule has 0 radical (unpaired) electrons. The highest BCUT2D eigenvalue weighted by Crippen LogP contribution is 2.36. The fourth-order valence-corrected chi connectivity index (χ4v) is 4.23. The minimum atomic E-state index is -0.260. The number of nitrogens with zero attached hydrogens (tertiary/aromatic N) is 3. The number of rotatable bonds is 4. The van der Waals surface area contributed by atoms with Crippen molar-refractivity contribution < 1.29 is 14.3 Å². The molecule has 0 N–H and O–H groups in total. The van der Waals surface area contributed by atoms with Crippen molar-refractivity contribution in [2.45, 2.75) is 45.0 Å². The monoisotopic (exact) mass is 373 g/mol. The van der Waals surface area contributed by atoms with Crippen LogP contribution in [0.4, 0.5) is 0 Å². The van der Waals surface area contributed by atoms with Gasteiger partial charge in [0.25, 0.3) is 5.91 Å². The number of hydrogen-bond donors (Lipinski definition) is 0. The van der Waals surface area contributed by atoms with Crippen molar-refractivity contribution in [1.29, 1.82) is 0 Å². The van der Waals surface area contributed by atoms with Crippen LogP contribution in [0.15, 0.2) is 23.6 Å². The Labute approximate surface area is 157 Å². The molecule has 6 nitrogen and oxygen atoms in total. The summed E-state index contributed by atoms with van der Waals surface area (Å²) < 4.78 is 12.1. The number of ether oxygens (including phenoxy) is 2. The van der Waals surface area contributed by atoms with Gasteiger partial charge in [0.2, 0.25) is 0 Å². The summed E-state index contributed by atoms with van der Waals surface area (Å²) in [4.78, 5) is 23.1. The molecule has 1 spiro atoms. The van der Waals surface area contributed by atoms with Crippen molar-refractivity contribution in [1.82, 2.24) is 14.9 Å². The third kappa shape index (κ3) is 3.65. The fraction of sp³-hybridized carbons (Fsp3) is 0.526. The molecular formula is C19H23N3O3S. The zero-order valence-electron chi connectivity index (χ0n) is 15.1. The molecule has 2 saturated heterocycles. The average Bonchev–Trinajstić information content (AvgIpc) is 3.04. The van der Waals surface area contributed by atoms with Crippen molar-refractivity contribution >= 4 is 17.2 Å². The number of pyridine rings is 1. The molecule has 2 fully saturated rings. The van der Waals surface area contributed by atoms with Gasteiger partial charge in [0, 0.05) is 24.1 Å². The molecule has 2 aromatic heterocycles. The zero-order valence-corrected chi connectivity index (χ0v) is 15.9. The summed E-state index contributed by atoms with van der Waals surface area (Å²) in [5.41, 5.74) is 2.23. The summed E-state index contributed by atoms with van der Waals surface area (Å²) in [7, 11) is 0. The number of thiazole rings is 1. The van der Waals surface area contributed by atoms with Crippen LogP contribution >= 0.6 is 11.3 Å². The van der Waals surface area contributed by atoms with Crippen LogP contribution in [0.3, 0.4) is 0 Å². The first-order chi connectivity index (χ1) is 12.5. The first-order valence-electron chi connectivity index (χ1n) is 8.93. The molecule has 4 rings (SSSR count). The molecule has 0 bridgehead atoms. The Morgan fingerprint density at radius 1 is 1.38 bits per heavy atom. The molecule has 2 aromatic rings. The Hall–Kier alpha value is -1.83. The zero-order chi connectivity index (χ0) is 18.1. The molecule has 0 aliphatic carbocycles. The lowest BCUT2D eigenvalue weighted by molar-refractivity contribution is -0.188. The van der Waals surface area contributed by atoms with Gasteiger partial charge in [-0.2, -0.15) is 0 Å². The van der Waals surface area contributed by atoms with E-state index in [1.807, 2.05) is 42.3 Å². The van der Waals surface area contributed by atoms with Crippen LogP contribution in [0.5, 0.6) is 0 Å². The van der Waals surface area contributed by atoms with Crippen molar-refractivity contribution in [3.05, 3.63) is 45.7 Å². The number of aryl methyl sites for hydroxylation is 2. The average molecular weight is 373 g/mol. The van der Waals surface area contributed by atoms with E-state index in [0.29, 0.717) is 32.0 Å². The van der Waals surface area contributed by atoms with Crippen LogP contribution in [0.2, 0.25) is 0 Å². The van der Waals surface area contributed by atoms with Gasteiger partial charge in [-0.25, -0.2) is 4.98 Å². The van der Waals surface area contributed by atoms with Gasteiger partial charge in [0.1, 0.15) is 11.3 Å². The molecule has 2 aliphatic heterocycles. The van der Waals surface area contributed by atoms with Gasteiger partial charge in [0.05, 0.1) is 36.5 Å². The van der Waals surface area contributed by atoms with Crippen LogP contribution < -0.4 is 0 Å². The van der Waals surface area contributed by atoms with Gasteiger partial charge in [-0.15, -0.1) is 11.3 Å². The predicted molar refractivity (Wildman–Crippen MR) is 98.2 cm³/mol. The molecule has 4 heterocycles. The van der Waals surface area contributed by atoms with E-state index in [1.54, 1.807) is 0 Å². The van der Waals surface area contributed by atoms with Gasteiger partial charge in [-0.3, -0.25) is 9.78 Å². The second-order valence-electron chi connectivity index (χ2n) is 7.14. The maximum Gasteiger partial charge on any atom is 0.273 e. The van der Waals surface area contributed by atoms with E-state index in [-0.39, 0.29) is 17.6 Å². The maximum atomic E-state index is 12.5. The number of aromatic nitrogens is 2. The highest BCUT2D eigenvalue weighted by Gasteiger charge is 2.50. The minimum absolute atomic E-state index is 0.00409. The Morgan fingerprint density at radius 3 is 2.96 bits per heavy atom. The second-order valence-corrected chi connectivity index (χ2v) is 8.20. The number of amides is 1. The molecule has 0 aromatic carbocycles. The van der Waals surface area contributed by atoms with E-state index < -0.39 is 0 Å². The lowest BCUT2D eigenvalue weighted by Crippen LogP contribution is -2.67. The number of hydrogen-bond acceptors (Lipinski definition) is 6. The van der Waals surface area contributed by atoms with Gasteiger partial charge in [-0.1, -0.05) is 6.07 Å². The Kier molecular flexibility index (Phi) is 4.77. The summed E-state index contributed by atoms with van der Waals surface area (Å²) in [6, 6.07) is 5.97. The first-order valence-corrected chi connectivity index (χ1v) is 9.80. The van der Waals surface area contributed by atoms with E-state index in [4.69, 9.17) is 9.47 Å². The van der Waals surface area contributed by atoms with Crippen LogP contribution in [0, 0.1) is 13.8 Å². The van der Waals surface area contributed by atoms with E-state index in [2.05, 4.69) is 9.97 Å². The fourth-order valence-electron chi connectivity index (χ4n) is 3.65. The van der Waals surface area contributed by atoms with Crippen molar-refractivity contribution in [2.75, 3.05) is 19.7 Å². The molecule has 2 aliphatic rings. The predicted octanol–water partition coefficient (Wildman–Crippen LogP) is 2.75. The molecule has 1 atom stereocenters. The Bertz CT molecular complexity index is 801. The largest absolute Gasteiger partial charge is 0.372 e. The maximum absolute atomic E-state index is 12.5. The summed E-state index contributed by atoms with van der Waals surface area (Å²) in [5, 5.41) is 2.74. The van der Waals surface area contributed by atoms with Gasteiger partial charge >= 0.3 is 0 Å². The summed E-state index contributed by atoms with van der Waals surface area (Å²) >= 11 is 1.50. The van der Waals surface area contributed by atoms with Crippen LogP contribution in [0.25, 0.3) is 0 Å². The molecule has 26 heavy (non-hydrogen) atoms. The van der Waals surface area contributed by atoms with Gasteiger partial charge < -0.3 is 14.4 Å². The topological polar surface area (TPSA) is 64.6 Å². The van der Waals surface area contributed by atoms with E-state index in [1.165, 1.54) is 11.3 Å². The second kappa shape index (κ2) is 7.06. The van der Waals surface area contributed by atoms with Crippen molar-refractivity contribution in [3.8, 4) is 0 Å². The summed E-state index contributed by atoms with van der Waals surface area (Å²) in [5.74, 6) is -0.00409. The molecule has 7 heteroatoms. The van der Waals surface area contributed by atoms with E-state index >= 15 is 0 Å². The SMILES string of the molecule is Cc1cccc(CO[C@H]2CCOC3(C2)CN(C(=O)c2csc(C)n2)C3)n1. The third-order valence-corrected chi connectivity index (χ3v) is 5.72. The first kappa shape index (κ1) is 17.6. The van der Waals surface area contributed by atoms with Gasteiger partial charge in [-0.05, 0) is 32.4 Å². The van der Waals surface area contributed by atoms with E-state index in [9.17, 15) is 4.79 Å². The number of carbonyl (C=O) groups is 1. The normalized spacial score (nSPS) is 21.6. The lowest BCUT2D eigenvalue weighted by Gasteiger charge is -2.52. The Balaban J connectivity index is 1.31. The van der Waals surface area contributed by atoms with E-state index in [0.717, 1.165) is 29.2 Å². The van der Waals surface area contributed by atoms with Crippen LogP contribution in [-0.2, 0) is 16.1 Å². The lowest BCUT2D eigenvalue weighted by atomic mass is 9.84. The van der Waals surface area contributed by atoms with Gasteiger partial charge in [0.15, 0.2) is 0 Å². The molecule has 0 unspecified atom stereocenters. The van der Waals surface area contributed by atoms with Crippen molar-refractivity contribution in [2.24, 2.45) is 0 Å². The molecule has 138 valence electrons. The standard InChI is InChI=1S/C19H23N3O3S/c1-13-4-3-5-15(20-13)9-24-16-6-7-25-19(8-16)11-22(12-19)18(23)17-10-26-14(2)21-17/h3-5,10,16H,6-9,11-12H2,1-2H3/t16-/m0/s1. The highest BCUT2D eigenvalue weighted by atomic mass is 32.1. The summed E-state index contributed by atoms with van der Waals surface area (Å²) in [6.07, 6.45) is 1.84. The third-order valence-electron chi connectivity index (χ3n) is 4.94. The number of carbonyl (C=O) groups excluding carboxylic acids is 1. The molecular weight excluding hydrogens is 350 g/mol. The van der Waals surface area contributed by atoms with Crippen LogP contribution in [-0.4, -0.2) is 52.2 Å².